The van der Waals surface area contributed by atoms with Crippen LogP contribution in [-0.4, -0.2) is 32.0 Å². The summed E-state index contributed by atoms with van der Waals surface area (Å²) in [6.45, 7) is 6.06. The molecule has 0 bridgehead atoms. The average molecular weight is 198 g/mol. The molecule has 0 saturated carbocycles. The molecule has 2 N–H and O–H groups in total. The van der Waals surface area contributed by atoms with E-state index in [0.29, 0.717) is 6.54 Å². The molecular weight excluding hydrogens is 180 g/mol. The van der Waals surface area contributed by atoms with Crippen LogP contribution in [0.1, 0.15) is 32.6 Å². The number of hydrogen-bond donors (Lipinski definition) is 2. The minimum absolute atomic E-state index is 0.0916. The lowest BCUT2D eigenvalue weighted by Crippen LogP contribution is -2.36. The number of rotatable bonds is 4. The third kappa shape index (κ3) is 3.08. The Hall–Kier alpha value is -0.940. The molecule has 1 aromatic heterocycles. The molecule has 80 valence electrons. The summed E-state index contributed by atoms with van der Waals surface area (Å²) in [6, 6.07) is 0.0916. The molecule has 5 nitrogen and oxygen atoms in total. The Morgan fingerprint density at radius 3 is 2.71 bits per heavy atom. The summed E-state index contributed by atoms with van der Waals surface area (Å²) < 4.78 is 1.86. The van der Waals surface area contributed by atoms with Crippen LogP contribution in [0.15, 0.2) is 6.33 Å². The number of aryl methyl sites for hydroxylation is 1. The lowest BCUT2D eigenvalue weighted by Gasteiger charge is -2.21. The molecule has 0 fully saturated rings. The van der Waals surface area contributed by atoms with E-state index in [1.807, 2.05) is 18.5 Å². The molecule has 0 aromatic carbocycles. The van der Waals surface area contributed by atoms with Gasteiger partial charge in [-0.25, -0.2) is 0 Å². The molecule has 0 aliphatic carbocycles. The molecule has 1 unspecified atom stereocenters. The van der Waals surface area contributed by atoms with Crippen molar-refractivity contribution < 1.29 is 5.11 Å². The molecule has 0 radical (unpaired) electrons. The zero-order valence-corrected chi connectivity index (χ0v) is 9.15. The number of nitrogens with zero attached hydrogens (tertiary/aromatic N) is 3. The van der Waals surface area contributed by atoms with E-state index >= 15 is 0 Å². The van der Waals surface area contributed by atoms with E-state index in [1.165, 1.54) is 0 Å². The van der Waals surface area contributed by atoms with Crippen molar-refractivity contribution in [3.63, 3.8) is 0 Å². The van der Waals surface area contributed by atoms with E-state index in [-0.39, 0.29) is 6.04 Å². The Morgan fingerprint density at radius 1 is 1.64 bits per heavy atom. The van der Waals surface area contributed by atoms with Crippen LogP contribution in [0, 0.1) is 0 Å². The fraction of sp³-hybridized carbons (Fsp3) is 0.778. The monoisotopic (exact) mass is 198 g/mol. The number of nitrogens with one attached hydrogen (secondary N) is 1. The van der Waals surface area contributed by atoms with Gasteiger partial charge in [-0.3, -0.25) is 0 Å². The average Bonchev–Trinajstić information content (AvgIpc) is 2.46. The van der Waals surface area contributed by atoms with E-state index in [9.17, 15) is 5.11 Å². The molecule has 0 aliphatic rings. The first-order valence-corrected chi connectivity index (χ1v) is 4.70. The maximum Gasteiger partial charge on any atom is 0.149 e. The predicted molar refractivity (Wildman–Crippen MR) is 53.7 cm³/mol. The van der Waals surface area contributed by atoms with Crippen molar-refractivity contribution in [2.45, 2.75) is 32.4 Å². The zero-order valence-electron chi connectivity index (χ0n) is 9.15. The van der Waals surface area contributed by atoms with Gasteiger partial charge < -0.3 is 15.0 Å². The van der Waals surface area contributed by atoms with Crippen LogP contribution in [0.3, 0.4) is 0 Å². The van der Waals surface area contributed by atoms with Crippen LogP contribution < -0.4 is 5.32 Å². The second-order valence-corrected chi connectivity index (χ2v) is 4.22. The molecule has 1 atom stereocenters. The van der Waals surface area contributed by atoms with Crippen molar-refractivity contribution in [2.24, 2.45) is 7.05 Å². The van der Waals surface area contributed by atoms with Gasteiger partial charge in [0.15, 0.2) is 0 Å². The summed E-state index contributed by atoms with van der Waals surface area (Å²) in [4.78, 5) is 0. The summed E-state index contributed by atoms with van der Waals surface area (Å²) >= 11 is 0. The van der Waals surface area contributed by atoms with Gasteiger partial charge in [-0.05, 0) is 20.8 Å². The van der Waals surface area contributed by atoms with E-state index in [1.54, 1.807) is 20.2 Å². The van der Waals surface area contributed by atoms with Crippen LogP contribution in [0.2, 0.25) is 0 Å². The summed E-state index contributed by atoms with van der Waals surface area (Å²) in [6.07, 6.45) is 1.66. The summed E-state index contributed by atoms with van der Waals surface area (Å²) in [7, 11) is 1.90. The van der Waals surface area contributed by atoms with Crippen molar-refractivity contribution in [1.29, 1.82) is 0 Å². The number of aromatic nitrogens is 3. The highest BCUT2D eigenvalue weighted by Crippen LogP contribution is 2.08. The van der Waals surface area contributed by atoms with E-state index in [2.05, 4.69) is 15.5 Å². The Labute approximate surface area is 84.2 Å². The Bertz CT molecular complexity index is 289. The fourth-order valence-electron chi connectivity index (χ4n) is 1.18. The van der Waals surface area contributed by atoms with Gasteiger partial charge in [0.05, 0.1) is 11.6 Å². The maximum atomic E-state index is 9.53. The molecular formula is C9H18N4O. The standard InChI is InChI=1S/C9H18N4O/c1-7(10-5-9(2,3)14)8-12-11-6-13(8)4/h6-7,10,14H,5H2,1-4H3. The van der Waals surface area contributed by atoms with E-state index < -0.39 is 5.60 Å². The summed E-state index contributed by atoms with van der Waals surface area (Å²) in [5.74, 6) is 0.870. The topological polar surface area (TPSA) is 63.0 Å². The minimum atomic E-state index is -0.702. The number of hydrogen-bond acceptors (Lipinski definition) is 4. The van der Waals surface area contributed by atoms with Crippen LogP contribution in [-0.2, 0) is 7.05 Å². The van der Waals surface area contributed by atoms with Crippen LogP contribution in [0.5, 0.6) is 0 Å². The first-order chi connectivity index (χ1) is 6.40. The first kappa shape index (κ1) is 11.1. The van der Waals surface area contributed by atoms with Crippen molar-refractivity contribution in [3.8, 4) is 0 Å². The molecule has 0 amide bonds. The zero-order chi connectivity index (χ0) is 10.8. The number of aliphatic hydroxyl groups is 1. The van der Waals surface area contributed by atoms with Gasteiger partial charge in [0.25, 0.3) is 0 Å². The lowest BCUT2D eigenvalue weighted by atomic mass is 10.1. The molecule has 0 spiro atoms. The van der Waals surface area contributed by atoms with Gasteiger partial charge in [0.2, 0.25) is 0 Å². The molecule has 1 rings (SSSR count). The molecule has 0 saturated heterocycles. The highest BCUT2D eigenvalue weighted by molar-refractivity contribution is 4.92. The highest BCUT2D eigenvalue weighted by Gasteiger charge is 2.16. The van der Waals surface area contributed by atoms with E-state index in [0.717, 1.165) is 5.82 Å². The third-order valence-electron chi connectivity index (χ3n) is 1.97. The quantitative estimate of drug-likeness (QED) is 0.727. The summed E-state index contributed by atoms with van der Waals surface area (Å²) in [5, 5.41) is 20.5. The van der Waals surface area contributed by atoms with Gasteiger partial charge in [-0.15, -0.1) is 10.2 Å². The van der Waals surface area contributed by atoms with Gasteiger partial charge in [-0.1, -0.05) is 0 Å². The van der Waals surface area contributed by atoms with Crippen molar-refractivity contribution in [2.75, 3.05) is 6.54 Å². The van der Waals surface area contributed by atoms with Crippen molar-refractivity contribution in [1.82, 2.24) is 20.1 Å². The van der Waals surface area contributed by atoms with Gasteiger partial charge in [-0.2, -0.15) is 0 Å². The lowest BCUT2D eigenvalue weighted by molar-refractivity contribution is 0.0766. The maximum absolute atomic E-state index is 9.53. The molecule has 14 heavy (non-hydrogen) atoms. The SMILES string of the molecule is CC(NCC(C)(C)O)c1nncn1C. The normalized spacial score (nSPS) is 14.4. The van der Waals surface area contributed by atoms with Crippen molar-refractivity contribution >= 4 is 0 Å². The molecule has 1 heterocycles. The third-order valence-corrected chi connectivity index (χ3v) is 1.97. The van der Waals surface area contributed by atoms with Gasteiger partial charge in [0, 0.05) is 13.6 Å². The minimum Gasteiger partial charge on any atom is -0.389 e. The van der Waals surface area contributed by atoms with Crippen molar-refractivity contribution in [3.05, 3.63) is 12.2 Å². The smallest absolute Gasteiger partial charge is 0.149 e. The summed E-state index contributed by atoms with van der Waals surface area (Å²) in [5.41, 5.74) is -0.702. The Kier molecular flexibility index (Phi) is 3.23. The fourth-order valence-corrected chi connectivity index (χ4v) is 1.18. The Morgan fingerprint density at radius 2 is 2.29 bits per heavy atom. The van der Waals surface area contributed by atoms with E-state index in [4.69, 9.17) is 0 Å². The molecule has 1 aromatic rings. The van der Waals surface area contributed by atoms with Gasteiger partial charge in [0.1, 0.15) is 12.2 Å². The molecule has 0 aliphatic heterocycles. The van der Waals surface area contributed by atoms with Crippen LogP contribution >= 0.6 is 0 Å². The highest BCUT2D eigenvalue weighted by atomic mass is 16.3. The van der Waals surface area contributed by atoms with Gasteiger partial charge >= 0.3 is 0 Å². The van der Waals surface area contributed by atoms with Crippen LogP contribution in [0.25, 0.3) is 0 Å². The largest absolute Gasteiger partial charge is 0.389 e. The second-order valence-electron chi connectivity index (χ2n) is 4.22. The van der Waals surface area contributed by atoms with Crippen LogP contribution in [0.4, 0.5) is 0 Å². The predicted octanol–water partition coefficient (Wildman–Crippen LogP) is 0.237. The first-order valence-electron chi connectivity index (χ1n) is 4.70. The molecule has 5 heteroatoms. The second kappa shape index (κ2) is 4.06. The Balaban J connectivity index is 2.51.